The second kappa shape index (κ2) is 7.79. The number of nitrogens with one attached hydrogen (secondary N) is 2. The summed E-state index contributed by atoms with van der Waals surface area (Å²) in [5, 5.41) is 5.86. The van der Waals surface area contributed by atoms with Gasteiger partial charge in [-0.1, -0.05) is 23.7 Å². The number of aromatic nitrogens is 2. The quantitative estimate of drug-likeness (QED) is 0.699. The van der Waals surface area contributed by atoms with Crippen LogP contribution in [-0.4, -0.2) is 23.0 Å². The van der Waals surface area contributed by atoms with Gasteiger partial charge >= 0.3 is 0 Å². The number of carbonyl (C=O) groups is 1. The topological polar surface area (TPSA) is 76.1 Å². The smallest absolute Gasteiger partial charge is 0.274 e. The van der Waals surface area contributed by atoms with Gasteiger partial charge in [-0.2, -0.15) is 0 Å². The number of rotatable bonds is 5. The molecular formula is C18H14ClFN4O2. The molecule has 2 N–H and O–H groups in total. The summed E-state index contributed by atoms with van der Waals surface area (Å²) >= 11 is 6.04. The number of para-hydroxylation sites is 1. The van der Waals surface area contributed by atoms with Crippen LogP contribution in [0.25, 0.3) is 0 Å². The SMILES string of the molecule is COc1ccc(NC(=O)c2cc(Nc3ccccc3F)ncn2)cc1Cl. The van der Waals surface area contributed by atoms with E-state index in [1.807, 2.05) is 0 Å². The van der Waals surface area contributed by atoms with E-state index in [0.29, 0.717) is 22.3 Å². The number of carbonyl (C=O) groups excluding carboxylic acids is 1. The van der Waals surface area contributed by atoms with Crippen molar-refractivity contribution in [2.75, 3.05) is 17.7 Å². The number of amides is 1. The lowest BCUT2D eigenvalue weighted by Crippen LogP contribution is -2.14. The lowest BCUT2D eigenvalue weighted by atomic mass is 10.2. The van der Waals surface area contributed by atoms with Crippen LogP contribution in [-0.2, 0) is 0 Å². The van der Waals surface area contributed by atoms with Crippen molar-refractivity contribution < 1.29 is 13.9 Å². The molecule has 132 valence electrons. The lowest BCUT2D eigenvalue weighted by Gasteiger charge is -2.09. The van der Waals surface area contributed by atoms with Gasteiger partial charge in [-0.25, -0.2) is 14.4 Å². The molecule has 8 heteroatoms. The number of anilines is 3. The maximum Gasteiger partial charge on any atom is 0.274 e. The van der Waals surface area contributed by atoms with E-state index in [9.17, 15) is 9.18 Å². The van der Waals surface area contributed by atoms with Gasteiger partial charge in [0.15, 0.2) is 0 Å². The fourth-order valence-corrected chi connectivity index (χ4v) is 2.45. The maximum atomic E-state index is 13.7. The van der Waals surface area contributed by atoms with Crippen molar-refractivity contribution in [2.24, 2.45) is 0 Å². The van der Waals surface area contributed by atoms with E-state index in [0.717, 1.165) is 0 Å². The van der Waals surface area contributed by atoms with Gasteiger partial charge in [0.1, 0.15) is 29.4 Å². The molecule has 0 saturated heterocycles. The molecule has 2 aromatic carbocycles. The predicted octanol–water partition coefficient (Wildman–Crippen LogP) is 4.27. The molecule has 1 aromatic heterocycles. The molecule has 0 aliphatic heterocycles. The van der Waals surface area contributed by atoms with Gasteiger partial charge in [-0.05, 0) is 30.3 Å². The Morgan fingerprint density at radius 1 is 1.15 bits per heavy atom. The van der Waals surface area contributed by atoms with Gasteiger partial charge in [0.05, 0.1) is 17.8 Å². The first-order chi connectivity index (χ1) is 12.6. The highest BCUT2D eigenvalue weighted by atomic mass is 35.5. The van der Waals surface area contributed by atoms with Crippen LogP contribution in [0.2, 0.25) is 5.02 Å². The monoisotopic (exact) mass is 372 g/mol. The molecule has 6 nitrogen and oxygen atoms in total. The van der Waals surface area contributed by atoms with Gasteiger partial charge in [0.25, 0.3) is 5.91 Å². The average molecular weight is 373 g/mol. The Kier molecular flexibility index (Phi) is 5.28. The molecule has 1 amide bonds. The average Bonchev–Trinajstić information content (AvgIpc) is 2.64. The zero-order chi connectivity index (χ0) is 18.5. The van der Waals surface area contributed by atoms with Crippen LogP contribution in [0.15, 0.2) is 54.9 Å². The fourth-order valence-electron chi connectivity index (χ4n) is 2.19. The fraction of sp³-hybridized carbons (Fsp3) is 0.0556. The number of nitrogens with zero attached hydrogens (tertiary/aromatic N) is 2. The summed E-state index contributed by atoms with van der Waals surface area (Å²) < 4.78 is 18.8. The van der Waals surface area contributed by atoms with Gasteiger partial charge in [0, 0.05) is 11.8 Å². The van der Waals surface area contributed by atoms with E-state index >= 15 is 0 Å². The number of hydrogen-bond acceptors (Lipinski definition) is 5. The third-order valence-electron chi connectivity index (χ3n) is 3.45. The van der Waals surface area contributed by atoms with E-state index in [-0.39, 0.29) is 11.4 Å². The highest BCUT2D eigenvalue weighted by Crippen LogP contribution is 2.27. The Balaban J connectivity index is 1.76. The molecule has 0 unspecified atom stereocenters. The summed E-state index contributed by atoms with van der Waals surface area (Å²) in [7, 11) is 1.50. The van der Waals surface area contributed by atoms with Gasteiger partial charge in [-0.15, -0.1) is 0 Å². The van der Waals surface area contributed by atoms with Gasteiger partial charge < -0.3 is 15.4 Å². The van der Waals surface area contributed by atoms with E-state index < -0.39 is 11.7 Å². The second-order valence-electron chi connectivity index (χ2n) is 5.20. The standard InChI is InChI=1S/C18H14ClFN4O2/c1-26-16-7-6-11(8-12(16)19)23-18(25)15-9-17(22-10-21-15)24-14-5-3-2-4-13(14)20/h2-10H,1H3,(H,23,25)(H,21,22,24). The van der Waals surface area contributed by atoms with Crippen molar-refractivity contribution >= 4 is 34.7 Å². The molecule has 0 spiro atoms. The van der Waals surface area contributed by atoms with Crippen molar-refractivity contribution in [1.82, 2.24) is 9.97 Å². The predicted molar refractivity (Wildman–Crippen MR) is 97.7 cm³/mol. The molecule has 3 rings (SSSR count). The number of ether oxygens (including phenoxy) is 1. The first-order valence-electron chi connectivity index (χ1n) is 7.55. The number of halogens is 2. The molecule has 3 aromatic rings. The van der Waals surface area contributed by atoms with E-state index in [1.54, 1.807) is 36.4 Å². The first kappa shape index (κ1) is 17.6. The van der Waals surface area contributed by atoms with Crippen molar-refractivity contribution in [3.05, 3.63) is 71.4 Å². The Morgan fingerprint density at radius 2 is 1.96 bits per heavy atom. The minimum atomic E-state index is -0.454. The summed E-state index contributed by atoms with van der Waals surface area (Å²) in [6.07, 6.45) is 1.22. The summed E-state index contributed by atoms with van der Waals surface area (Å²) in [6, 6.07) is 12.4. The number of methoxy groups -OCH3 is 1. The molecule has 0 bridgehead atoms. The van der Waals surface area contributed by atoms with Crippen LogP contribution in [0.5, 0.6) is 5.75 Å². The zero-order valence-electron chi connectivity index (χ0n) is 13.7. The van der Waals surface area contributed by atoms with E-state index in [4.69, 9.17) is 16.3 Å². The zero-order valence-corrected chi connectivity index (χ0v) is 14.4. The van der Waals surface area contributed by atoms with Crippen molar-refractivity contribution in [1.29, 1.82) is 0 Å². The van der Waals surface area contributed by atoms with Crippen molar-refractivity contribution in [3.63, 3.8) is 0 Å². The van der Waals surface area contributed by atoms with Crippen LogP contribution in [0.4, 0.5) is 21.6 Å². The molecule has 0 radical (unpaired) electrons. The highest BCUT2D eigenvalue weighted by Gasteiger charge is 2.11. The minimum absolute atomic E-state index is 0.116. The molecule has 0 aliphatic rings. The van der Waals surface area contributed by atoms with Crippen LogP contribution in [0.1, 0.15) is 10.5 Å². The molecule has 1 heterocycles. The Morgan fingerprint density at radius 3 is 2.69 bits per heavy atom. The molecule has 0 atom stereocenters. The van der Waals surface area contributed by atoms with Crippen molar-refractivity contribution in [3.8, 4) is 5.75 Å². The minimum Gasteiger partial charge on any atom is -0.495 e. The summed E-state index contributed by atoms with van der Waals surface area (Å²) in [5.41, 5.74) is 0.855. The van der Waals surface area contributed by atoms with Crippen LogP contribution in [0, 0.1) is 5.82 Å². The van der Waals surface area contributed by atoms with Crippen LogP contribution in [0.3, 0.4) is 0 Å². The van der Waals surface area contributed by atoms with Crippen LogP contribution < -0.4 is 15.4 Å². The summed E-state index contributed by atoms with van der Waals surface area (Å²) in [6.45, 7) is 0. The molecule has 0 saturated carbocycles. The molecule has 26 heavy (non-hydrogen) atoms. The largest absolute Gasteiger partial charge is 0.495 e. The van der Waals surface area contributed by atoms with E-state index in [1.165, 1.54) is 25.6 Å². The van der Waals surface area contributed by atoms with Gasteiger partial charge in [0.2, 0.25) is 0 Å². The molecular weight excluding hydrogens is 359 g/mol. The molecule has 0 aliphatic carbocycles. The highest BCUT2D eigenvalue weighted by molar-refractivity contribution is 6.32. The van der Waals surface area contributed by atoms with Gasteiger partial charge in [-0.3, -0.25) is 4.79 Å². The number of hydrogen-bond donors (Lipinski definition) is 2. The van der Waals surface area contributed by atoms with Crippen molar-refractivity contribution in [2.45, 2.75) is 0 Å². The summed E-state index contributed by atoms with van der Waals surface area (Å²) in [4.78, 5) is 20.3. The Bertz CT molecular complexity index is 952. The first-order valence-corrected chi connectivity index (χ1v) is 7.93. The molecule has 0 fully saturated rings. The Hall–Kier alpha value is -3.19. The summed E-state index contributed by atoms with van der Waals surface area (Å²) in [5.74, 6) is -0.0821. The van der Waals surface area contributed by atoms with Crippen LogP contribution >= 0.6 is 11.6 Å². The lowest BCUT2D eigenvalue weighted by molar-refractivity contribution is 0.102. The maximum absolute atomic E-state index is 13.7. The normalized spacial score (nSPS) is 10.3. The second-order valence-corrected chi connectivity index (χ2v) is 5.60. The van der Waals surface area contributed by atoms with E-state index in [2.05, 4.69) is 20.6 Å². The number of benzene rings is 2. The Labute approximate surface area is 154 Å². The third kappa shape index (κ3) is 4.07. The third-order valence-corrected chi connectivity index (χ3v) is 3.74.